The van der Waals surface area contributed by atoms with Crippen LogP contribution in [0.2, 0.25) is 0 Å². The lowest BCUT2D eigenvalue weighted by molar-refractivity contribution is 0.0728. The van der Waals surface area contributed by atoms with Crippen LogP contribution in [0.4, 0.5) is 4.39 Å². The Morgan fingerprint density at radius 2 is 1.95 bits per heavy atom. The molecule has 0 aliphatic rings. The van der Waals surface area contributed by atoms with Gasteiger partial charge in [0, 0.05) is 18.5 Å². The van der Waals surface area contributed by atoms with Crippen LogP contribution >= 0.6 is 0 Å². The maximum atomic E-state index is 13.8. The first-order valence-electron chi connectivity index (χ1n) is 6.85. The lowest BCUT2D eigenvalue weighted by Crippen LogP contribution is -2.31. The van der Waals surface area contributed by atoms with Crippen LogP contribution in [0.25, 0.3) is 0 Å². The van der Waals surface area contributed by atoms with E-state index in [2.05, 4.69) is 15.2 Å². The van der Waals surface area contributed by atoms with Gasteiger partial charge in [-0.3, -0.25) is 9.89 Å². The normalized spacial score (nSPS) is 12.5. The molecule has 0 bridgehead atoms. The second kappa shape index (κ2) is 6.03. The number of benzene rings is 1. The van der Waals surface area contributed by atoms with Gasteiger partial charge in [-0.2, -0.15) is 0 Å². The van der Waals surface area contributed by atoms with Crippen molar-refractivity contribution in [1.82, 2.24) is 20.1 Å². The van der Waals surface area contributed by atoms with Crippen molar-refractivity contribution in [3.63, 3.8) is 0 Å². The maximum Gasteiger partial charge on any atom is 0.293 e. The van der Waals surface area contributed by atoms with E-state index in [0.29, 0.717) is 11.4 Å². The first-order valence-corrected chi connectivity index (χ1v) is 6.85. The van der Waals surface area contributed by atoms with Gasteiger partial charge < -0.3 is 4.90 Å². The van der Waals surface area contributed by atoms with E-state index in [1.807, 2.05) is 13.8 Å². The molecule has 0 radical (unpaired) electrons. The lowest BCUT2D eigenvalue weighted by atomic mass is 10.1. The van der Waals surface area contributed by atoms with E-state index in [4.69, 9.17) is 0 Å². The fourth-order valence-corrected chi connectivity index (χ4v) is 1.98. The number of carbonyl (C=O) groups is 1. The van der Waals surface area contributed by atoms with Crippen LogP contribution in [0.1, 0.15) is 54.7 Å². The van der Waals surface area contributed by atoms with E-state index in [1.54, 1.807) is 32.2 Å². The molecular formula is C15H19FN4O. The third-order valence-electron chi connectivity index (χ3n) is 3.50. The summed E-state index contributed by atoms with van der Waals surface area (Å²) in [7, 11) is 1.62. The molecular weight excluding hydrogens is 271 g/mol. The number of hydrogen-bond acceptors (Lipinski definition) is 3. The van der Waals surface area contributed by atoms with Gasteiger partial charge in [0.15, 0.2) is 0 Å². The fourth-order valence-electron chi connectivity index (χ4n) is 1.98. The minimum Gasteiger partial charge on any atom is -0.332 e. The number of halogens is 1. The SMILES string of the molecule is CC(C)c1nc(C(=O)N(C)C(C)c2ccccc2F)n[nH]1. The van der Waals surface area contributed by atoms with E-state index < -0.39 is 6.04 Å². The number of aromatic nitrogens is 3. The standard InChI is InChI=1S/C15H19FN4O/c1-9(2)13-17-14(19-18-13)15(21)20(4)10(3)11-7-5-6-8-12(11)16/h5-10H,1-4H3,(H,17,18,19). The van der Waals surface area contributed by atoms with Crippen molar-refractivity contribution in [3.8, 4) is 0 Å². The van der Waals surface area contributed by atoms with E-state index in [9.17, 15) is 9.18 Å². The smallest absolute Gasteiger partial charge is 0.293 e. The van der Waals surface area contributed by atoms with Crippen LogP contribution in [0.3, 0.4) is 0 Å². The number of H-pyrrole nitrogens is 1. The average molecular weight is 290 g/mol. The predicted molar refractivity (Wildman–Crippen MR) is 77.4 cm³/mol. The van der Waals surface area contributed by atoms with Crippen molar-refractivity contribution in [2.45, 2.75) is 32.7 Å². The van der Waals surface area contributed by atoms with Gasteiger partial charge in [-0.15, -0.1) is 5.10 Å². The van der Waals surface area contributed by atoms with Crippen molar-refractivity contribution in [1.29, 1.82) is 0 Å². The molecule has 1 atom stereocenters. The van der Waals surface area contributed by atoms with Gasteiger partial charge in [0.1, 0.15) is 11.6 Å². The lowest BCUT2D eigenvalue weighted by Gasteiger charge is -2.24. The molecule has 1 unspecified atom stereocenters. The van der Waals surface area contributed by atoms with Crippen molar-refractivity contribution < 1.29 is 9.18 Å². The van der Waals surface area contributed by atoms with Gasteiger partial charge in [0.2, 0.25) is 5.82 Å². The molecule has 0 fully saturated rings. The van der Waals surface area contributed by atoms with E-state index in [-0.39, 0.29) is 23.5 Å². The molecule has 1 N–H and O–H groups in total. The summed E-state index contributed by atoms with van der Waals surface area (Å²) in [5, 5.41) is 6.68. The highest BCUT2D eigenvalue weighted by Crippen LogP contribution is 2.22. The highest BCUT2D eigenvalue weighted by molar-refractivity contribution is 5.90. The van der Waals surface area contributed by atoms with Crippen molar-refractivity contribution in [2.24, 2.45) is 0 Å². The highest BCUT2D eigenvalue weighted by atomic mass is 19.1. The Morgan fingerprint density at radius 1 is 1.29 bits per heavy atom. The summed E-state index contributed by atoms with van der Waals surface area (Å²) < 4.78 is 13.8. The van der Waals surface area contributed by atoms with E-state index in [1.165, 1.54) is 11.0 Å². The third-order valence-corrected chi connectivity index (χ3v) is 3.50. The van der Waals surface area contributed by atoms with Crippen LogP contribution < -0.4 is 0 Å². The van der Waals surface area contributed by atoms with Gasteiger partial charge >= 0.3 is 0 Å². The molecule has 0 saturated carbocycles. The van der Waals surface area contributed by atoms with Crippen LogP contribution in [0.15, 0.2) is 24.3 Å². The Bertz CT molecular complexity index is 638. The molecule has 0 saturated heterocycles. The molecule has 1 aromatic carbocycles. The summed E-state index contributed by atoms with van der Waals surface area (Å²) in [5.41, 5.74) is 0.466. The Morgan fingerprint density at radius 3 is 2.52 bits per heavy atom. The van der Waals surface area contributed by atoms with Crippen molar-refractivity contribution >= 4 is 5.91 Å². The molecule has 5 nitrogen and oxygen atoms in total. The maximum absolute atomic E-state index is 13.8. The average Bonchev–Trinajstić information content (AvgIpc) is 2.95. The molecule has 2 rings (SSSR count). The van der Waals surface area contributed by atoms with Crippen molar-refractivity contribution in [3.05, 3.63) is 47.3 Å². The Hall–Kier alpha value is -2.24. The number of amides is 1. The van der Waals surface area contributed by atoms with Gasteiger partial charge in [0.05, 0.1) is 6.04 Å². The molecule has 21 heavy (non-hydrogen) atoms. The second-order valence-corrected chi connectivity index (χ2v) is 5.31. The quantitative estimate of drug-likeness (QED) is 0.941. The zero-order valence-corrected chi connectivity index (χ0v) is 12.6. The van der Waals surface area contributed by atoms with Gasteiger partial charge in [-0.1, -0.05) is 32.0 Å². The van der Waals surface area contributed by atoms with Gasteiger partial charge in [0.25, 0.3) is 5.91 Å². The Labute approximate surface area is 123 Å². The molecule has 0 aliphatic heterocycles. The zero-order valence-electron chi connectivity index (χ0n) is 12.6. The predicted octanol–water partition coefficient (Wildman–Crippen LogP) is 2.90. The number of hydrogen-bond donors (Lipinski definition) is 1. The Balaban J connectivity index is 2.20. The molecule has 1 heterocycles. The zero-order chi connectivity index (χ0) is 15.6. The number of carbonyl (C=O) groups excluding carboxylic acids is 1. The van der Waals surface area contributed by atoms with Crippen molar-refractivity contribution in [2.75, 3.05) is 7.05 Å². The van der Waals surface area contributed by atoms with Crippen LogP contribution in [0, 0.1) is 5.82 Å². The summed E-state index contributed by atoms with van der Waals surface area (Å²) in [4.78, 5) is 18.0. The summed E-state index contributed by atoms with van der Waals surface area (Å²) in [6.07, 6.45) is 0. The summed E-state index contributed by atoms with van der Waals surface area (Å²) in [5.74, 6) is 0.249. The van der Waals surface area contributed by atoms with Gasteiger partial charge in [-0.05, 0) is 13.0 Å². The van der Waals surface area contributed by atoms with E-state index >= 15 is 0 Å². The molecule has 1 aromatic heterocycles. The first-order chi connectivity index (χ1) is 9.91. The number of nitrogens with zero attached hydrogens (tertiary/aromatic N) is 3. The number of aromatic amines is 1. The fraction of sp³-hybridized carbons (Fsp3) is 0.400. The molecule has 1 amide bonds. The topological polar surface area (TPSA) is 61.9 Å². The highest BCUT2D eigenvalue weighted by Gasteiger charge is 2.24. The molecule has 112 valence electrons. The monoisotopic (exact) mass is 290 g/mol. The van der Waals surface area contributed by atoms with E-state index in [0.717, 1.165) is 0 Å². The largest absolute Gasteiger partial charge is 0.332 e. The third kappa shape index (κ3) is 3.09. The Kier molecular flexibility index (Phi) is 4.35. The number of rotatable bonds is 4. The van der Waals surface area contributed by atoms with Gasteiger partial charge in [-0.25, -0.2) is 9.37 Å². The van der Waals surface area contributed by atoms with Crippen LogP contribution in [0.5, 0.6) is 0 Å². The summed E-state index contributed by atoms with van der Waals surface area (Å²) in [6.45, 7) is 5.69. The number of nitrogens with one attached hydrogen (secondary N) is 1. The summed E-state index contributed by atoms with van der Waals surface area (Å²) in [6, 6.07) is 6.02. The van der Waals surface area contributed by atoms with Crippen LogP contribution in [-0.4, -0.2) is 33.0 Å². The second-order valence-electron chi connectivity index (χ2n) is 5.31. The minimum absolute atomic E-state index is 0.101. The van der Waals surface area contributed by atoms with Crippen LogP contribution in [-0.2, 0) is 0 Å². The first kappa shape index (κ1) is 15.2. The molecule has 0 spiro atoms. The molecule has 0 aliphatic carbocycles. The summed E-state index contributed by atoms with van der Waals surface area (Å²) >= 11 is 0. The molecule has 2 aromatic rings. The molecule has 6 heteroatoms. The minimum atomic E-state index is -0.403.